The number of nitrogens with zero attached hydrogens (tertiary/aromatic N) is 1. The summed E-state index contributed by atoms with van der Waals surface area (Å²) in [6.45, 7) is 5.49. The van der Waals surface area contributed by atoms with Gasteiger partial charge in [-0.2, -0.15) is 0 Å². The summed E-state index contributed by atoms with van der Waals surface area (Å²) in [4.78, 5) is 16.9. The smallest absolute Gasteiger partial charge is 0.266 e. The van der Waals surface area contributed by atoms with Gasteiger partial charge >= 0.3 is 0 Å². The molecule has 1 aromatic carbocycles. The third-order valence-corrected chi connectivity index (χ3v) is 2.01. The van der Waals surface area contributed by atoms with Crippen molar-refractivity contribution < 1.29 is 9.63 Å². The van der Waals surface area contributed by atoms with Crippen LogP contribution in [0.1, 0.15) is 26.3 Å². The van der Waals surface area contributed by atoms with E-state index in [4.69, 9.17) is 16.6 Å². The molecule has 4 heteroatoms. The minimum Gasteiger partial charge on any atom is -0.271 e. The summed E-state index contributed by atoms with van der Waals surface area (Å²) in [6.07, 6.45) is 0.237. The Morgan fingerprint density at radius 3 is 2.38 bits per heavy atom. The highest BCUT2D eigenvalue weighted by molar-refractivity contribution is 6.20. The third kappa shape index (κ3) is 4.64. The van der Waals surface area contributed by atoms with Gasteiger partial charge in [0, 0.05) is 11.8 Å². The van der Waals surface area contributed by atoms with E-state index >= 15 is 0 Å². The lowest BCUT2D eigenvalue weighted by atomic mass is 10.1. The van der Waals surface area contributed by atoms with Gasteiger partial charge in [0.15, 0.2) is 0 Å². The molecule has 0 radical (unpaired) electrons. The van der Waals surface area contributed by atoms with Crippen molar-refractivity contribution >= 4 is 17.7 Å². The lowest BCUT2D eigenvalue weighted by molar-refractivity contribution is -0.188. The van der Waals surface area contributed by atoms with Crippen molar-refractivity contribution in [2.45, 2.75) is 32.8 Å². The zero-order chi connectivity index (χ0) is 12.2. The van der Waals surface area contributed by atoms with Crippen LogP contribution in [0.15, 0.2) is 30.3 Å². The van der Waals surface area contributed by atoms with E-state index in [-0.39, 0.29) is 12.3 Å². The monoisotopic (exact) mass is 241 g/mol. The van der Waals surface area contributed by atoms with Crippen molar-refractivity contribution in [2.24, 2.45) is 0 Å². The number of hydrogen-bond donors (Lipinski definition) is 0. The lowest BCUT2D eigenvalue weighted by Gasteiger charge is -2.23. The van der Waals surface area contributed by atoms with Gasteiger partial charge in [-0.1, -0.05) is 30.3 Å². The summed E-state index contributed by atoms with van der Waals surface area (Å²) in [5, 5.41) is 0. The van der Waals surface area contributed by atoms with Crippen LogP contribution < -0.4 is 0 Å². The average molecular weight is 242 g/mol. The predicted molar refractivity (Wildman–Crippen MR) is 63.7 cm³/mol. The van der Waals surface area contributed by atoms with Crippen LogP contribution in [0.2, 0.25) is 0 Å². The Morgan fingerprint density at radius 2 is 1.88 bits per heavy atom. The van der Waals surface area contributed by atoms with Crippen LogP contribution in [0.25, 0.3) is 0 Å². The minimum absolute atomic E-state index is 0.237. The minimum atomic E-state index is -0.478. The Kier molecular flexibility index (Phi) is 4.33. The summed E-state index contributed by atoms with van der Waals surface area (Å²) in [7, 11) is 0. The third-order valence-electron chi connectivity index (χ3n) is 1.75. The van der Waals surface area contributed by atoms with Gasteiger partial charge in [0.2, 0.25) is 0 Å². The van der Waals surface area contributed by atoms with E-state index in [1.54, 1.807) is 0 Å². The van der Waals surface area contributed by atoms with E-state index in [9.17, 15) is 4.79 Å². The summed E-state index contributed by atoms with van der Waals surface area (Å²) < 4.78 is 0.785. The first kappa shape index (κ1) is 13.0. The molecule has 0 N–H and O–H groups in total. The zero-order valence-corrected chi connectivity index (χ0v) is 10.5. The van der Waals surface area contributed by atoms with E-state index in [0.29, 0.717) is 0 Å². The average Bonchev–Trinajstić information content (AvgIpc) is 2.16. The highest BCUT2D eigenvalue weighted by Crippen LogP contribution is 2.14. The van der Waals surface area contributed by atoms with Crippen LogP contribution in [0, 0.1) is 0 Å². The van der Waals surface area contributed by atoms with Crippen LogP contribution in [-0.2, 0) is 16.1 Å². The largest absolute Gasteiger partial charge is 0.271 e. The molecular formula is C12H16ClNO2. The molecular weight excluding hydrogens is 226 g/mol. The fourth-order valence-electron chi connectivity index (χ4n) is 1.12. The van der Waals surface area contributed by atoms with Gasteiger partial charge in [0.05, 0.1) is 12.0 Å². The molecule has 0 aliphatic heterocycles. The number of hydrogen-bond acceptors (Lipinski definition) is 2. The van der Waals surface area contributed by atoms with E-state index < -0.39 is 5.60 Å². The van der Waals surface area contributed by atoms with Gasteiger partial charge in [-0.25, -0.2) is 4.84 Å². The molecule has 0 aromatic heterocycles. The first-order valence-electron chi connectivity index (χ1n) is 5.10. The number of rotatable bonds is 3. The Bertz CT molecular complexity index is 346. The van der Waals surface area contributed by atoms with Crippen molar-refractivity contribution in [3.05, 3.63) is 35.9 Å². The van der Waals surface area contributed by atoms with Gasteiger partial charge in [-0.15, -0.1) is 4.58 Å². The van der Waals surface area contributed by atoms with Crippen molar-refractivity contribution in [3.8, 4) is 0 Å². The SMILES string of the molecule is CC(C)(C)ON(Cl)C(=O)Cc1ccccc1. The standard InChI is InChI=1S/C12H16ClNO2/c1-12(2,3)16-14(13)11(15)9-10-7-5-4-6-8-10/h4-8H,9H2,1-3H3. The molecule has 0 bridgehead atoms. The summed E-state index contributed by atoms with van der Waals surface area (Å²) in [5.41, 5.74) is 0.435. The van der Waals surface area contributed by atoms with Crippen molar-refractivity contribution in [3.63, 3.8) is 0 Å². The normalized spacial score (nSPS) is 11.2. The number of carbonyl (C=O) groups excluding carboxylic acids is 1. The second-order valence-corrected chi connectivity index (χ2v) is 4.81. The first-order chi connectivity index (χ1) is 7.38. The van der Waals surface area contributed by atoms with Crippen molar-refractivity contribution in [1.82, 2.24) is 4.58 Å². The number of halogens is 1. The molecule has 0 aliphatic carbocycles. The van der Waals surface area contributed by atoms with Gasteiger partial charge in [0.25, 0.3) is 5.91 Å². The number of benzene rings is 1. The molecule has 0 heterocycles. The number of hydroxylamine groups is 1. The second-order valence-electron chi connectivity index (χ2n) is 4.50. The first-order valence-corrected chi connectivity index (χ1v) is 5.44. The lowest BCUT2D eigenvalue weighted by Crippen LogP contribution is -2.32. The summed E-state index contributed by atoms with van der Waals surface area (Å²) in [6, 6.07) is 9.41. The van der Waals surface area contributed by atoms with Crippen LogP contribution >= 0.6 is 11.8 Å². The van der Waals surface area contributed by atoms with Gasteiger partial charge in [0.1, 0.15) is 0 Å². The van der Waals surface area contributed by atoms with Gasteiger partial charge in [-0.05, 0) is 26.3 Å². The number of carbonyl (C=O) groups is 1. The molecule has 1 amide bonds. The Balaban J connectivity index is 2.53. The maximum Gasteiger partial charge on any atom is 0.266 e. The summed E-state index contributed by atoms with van der Waals surface area (Å²) in [5.74, 6) is -0.275. The highest BCUT2D eigenvalue weighted by atomic mass is 35.5. The van der Waals surface area contributed by atoms with Crippen LogP contribution in [0.4, 0.5) is 0 Å². The molecule has 3 nitrogen and oxygen atoms in total. The maximum atomic E-state index is 11.7. The summed E-state index contributed by atoms with van der Waals surface area (Å²) >= 11 is 5.73. The fourth-order valence-corrected chi connectivity index (χ4v) is 1.39. The quantitative estimate of drug-likeness (QED) is 0.602. The van der Waals surface area contributed by atoms with Crippen molar-refractivity contribution in [1.29, 1.82) is 0 Å². The molecule has 0 spiro atoms. The Hall–Kier alpha value is -1.06. The Labute approximate surface area is 101 Å². The van der Waals surface area contributed by atoms with E-state index in [1.807, 2.05) is 51.1 Å². The molecule has 88 valence electrons. The van der Waals surface area contributed by atoms with Crippen LogP contribution in [0.5, 0.6) is 0 Å². The van der Waals surface area contributed by atoms with Gasteiger partial charge < -0.3 is 0 Å². The molecule has 0 atom stereocenters. The highest BCUT2D eigenvalue weighted by Gasteiger charge is 2.20. The van der Waals surface area contributed by atoms with E-state index in [2.05, 4.69) is 0 Å². The molecule has 1 aromatic rings. The molecule has 0 saturated heterocycles. The molecule has 16 heavy (non-hydrogen) atoms. The molecule has 0 fully saturated rings. The molecule has 0 aliphatic rings. The maximum absolute atomic E-state index is 11.7. The van der Waals surface area contributed by atoms with E-state index in [1.165, 1.54) is 0 Å². The molecule has 0 saturated carbocycles. The molecule has 0 unspecified atom stereocenters. The van der Waals surface area contributed by atoms with Crippen LogP contribution in [0.3, 0.4) is 0 Å². The predicted octanol–water partition coefficient (Wildman–Crippen LogP) is 2.94. The number of amides is 1. The zero-order valence-electron chi connectivity index (χ0n) is 9.74. The fraction of sp³-hybridized carbons (Fsp3) is 0.417. The van der Waals surface area contributed by atoms with Crippen molar-refractivity contribution in [2.75, 3.05) is 0 Å². The van der Waals surface area contributed by atoms with Crippen LogP contribution in [-0.4, -0.2) is 16.1 Å². The second kappa shape index (κ2) is 5.32. The topological polar surface area (TPSA) is 29.5 Å². The Morgan fingerprint density at radius 1 is 1.31 bits per heavy atom. The van der Waals surface area contributed by atoms with E-state index in [0.717, 1.165) is 10.1 Å². The molecule has 1 rings (SSSR count). The van der Waals surface area contributed by atoms with Gasteiger partial charge in [-0.3, -0.25) is 4.79 Å².